The quantitative estimate of drug-likeness (QED) is 0.546. The number of amides is 1. The Kier molecular flexibility index (Phi) is 7.18. The smallest absolute Gasteiger partial charge is 0.268 e. The fourth-order valence-electron chi connectivity index (χ4n) is 3.82. The minimum absolute atomic E-state index is 0.0179. The average molecular weight is 442 g/mol. The van der Waals surface area contributed by atoms with Crippen LogP contribution in [-0.4, -0.2) is 42.3 Å². The first kappa shape index (κ1) is 23.0. The predicted molar refractivity (Wildman–Crippen MR) is 125 cm³/mol. The maximum Gasteiger partial charge on any atom is 0.268 e. The number of carbonyl (C=O) groups is 1. The van der Waals surface area contributed by atoms with Crippen molar-refractivity contribution in [1.82, 2.24) is 14.2 Å². The Labute approximate surface area is 184 Å². The van der Waals surface area contributed by atoms with Crippen LogP contribution in [0.15, 0.2) is 59.5 Å². The van der Waals surface area contributed by atoms with Crippen LogP contribution in [0, 0.1) is 0 Å². The average Bonchev–Trinajstić information content (AvgIpc) is 3.10. The Morgan fingerprint density at radius 2 is 1.74 bits per heavy atom. The van der Waals surface area contributed by atoms with Gasteiger partial charge in [-0.2, -0.15) is 4.31 Å². The summed E-state index contributed by atoms with van der Waals surface area (Å²) in [6.45, 7) is 6.48. The third-order valence-corrected chi connectivity index (χ3v) is 7.72. The molecule has 0 saturated carbocycles. The molecule has 1 amide bonds. The molecule has 31 heavy (non-hydrogen) atoms. The molecule has 0 saturated heterocycles. The van der Waals surface area contributed by atoms with E-state index in [0.29, 0.717) is 18.8 Å². The second-order valence-electron chi connectivity index (χ2n) is 7.80. The minimum atomic E-state index is -3.55. The molecule has 1 heterocycles. The normalized spacial score (nSPS) is 12.9. The molecule has 6 nitrogen and oxygen atoms in total. The van der Waals surface area contributed by atoms with Crippen molar-refractivity contribution in [2.75, 3.05) is 13.1 Å². The van der Waals surface area contributed by atoms with Crippen LogP contribution in [0.5, 0.6) is 0 Å². The maximum atomic E-state index is 12.9. The molecule has 0 spiro atoms. The summed E-state index contributed by atoms with van der Waals surface area (Å²) >= 11 is 0. The van der Waals surface area contributed by atoms with E-state index in [4.69, 9.17) is 0 Å². The van der Waals surface area contributed by atoms with Gasteiger partial charge in [0, 0.05) is 37.1 Å². The molecule has 1 N–H and O–H groups in total. The lowest BCUT2D eigenvalue weighted by molar-refractivity contribution is 0.0930. The number of rotatable bonds is 9. The van der Waals surface area contributed by atoms with E-state index < -0.39 is 10.0 Å². The largest absolute Gasteiger partial charge is 0.348 e. The fraction of sp³-hybridized carbons (Fsp3) is 0.375. The Balaban J connectivity index is 1.77. The van der Waals surface area contributed by atoms with Gasteiger partial charge < -0.3 is 9.88 Å². The van der Waals surface area contributed by atoms with Gasteiger partial charge in [-0.15, -0.1) is 0 Å². The number of nitrogens with zero attached hydrogens (tertiary/aromatic N) is 2. The van der Waals surface area contributed by atoms with Gasteiger partial charge in [0.05, 0.1) is 4.90 Å². The van der Waals surface area contributed by atoms with Gasteiger partial charge in [0.15, 0.2) is 0 Å². The number of aryl methyl sites for hydroxylation is 2. The molecule has 166 valence electrons. The van der Waals surface area contributed by atoms with Gasteiger partial charge in [-0.25, -0.2) is 8.42 Å². The molecule has 0 aliphatic rings. The molecule has 0 fully saturated rings. The van der Waals surface area contributed by atoms with Gasteiger partial charge in [-0.05, 0) is 49.6 Å². The van der Waals surface area contributed by atoms with Crippen LogP contribution >= 0.6 is 0 Å². The molecule has 0 aliphatic carbocycles. The van der Waals surface area contributed by atoms with E-state index in [-0.39, 0.29) is 16.8 Å². The first-order chi connectivity index (χ1) is 14.8. The first-order valence-corrected chi connectivity index (χ1v) is 12.2. The van der Waals surface area contributed by atoms with Crippen molar-refractivity contribution in [2.45, 2.75) is 44.6 Å². The molecule has 3 aromatic rings. The van der Waals surface area contributed by atoms with Gasteiger partial charge >= 0.3 is 0 Å². The monoisotopic (exact) mass is 441 g/mol. The molecule has 1 atom stereocenters. The third kappa shape index (κ3) is 4.99. The zero-order chi connectivity index (χ0) is 22.6. The number of aromatic nitrogens is 1. The van der Waals surface area contributed by atoms with Crippen LogP contribution in [0.1, 0.15) is 43.2 Å². The number of sulfonamides is 1. The molecule has 0 radical (unpaired) electrons. The van der Waals surface area contributed by atoms with Crippen molar-refractivity contribution in [3.63, 3.8) is 0 Å². The molecule has 0 aliphatic heterocycles. The van der Waals surface area contributed by atoms with E-state index in [1.807, 2.05) is 50.6 Å². The highest BCUT2D eigenvalue weighted by atomic mass is 32.2. The maximum absolute atomic E-state index is 12.9. The van der Waals surface area contributed by atoms with Crippen molar-refractivity contribution in [1.29, 1.82) is 0 Å². The van der Waals surface area contributed by atoms with E-state index in [0.717, 1.165) is 23.7 Å². The van der Waals surface area contributed by atoms with E-state index in [9.17, 15) is 13.2 Å². The number of hydrogen-bond acceptors (Lipinski definition) is 3. The van der Waals surface area contributed by atoms with Crippen molar-refractivity contribution >= 4 is 26.8 Å². The van der Waals surface area contributed by atoms with E-state index in [1.165, 1.54) is 9.87 Å². The Morgan fingerprint density at radius 1 is 1.06 bits per heavy atom. The zero-order valence-electron chi connectivity index (χ0n) is 18.6. The van der Waals surface area contributed by atoms with Crippen LogP contribution in [0.3, 0.4) is 0 Å². The second kappa shape index (κ2) is 9.66. The van der Waals surface area contributed by atoms with E-state index in [1.54, 1.807) is 24.3 Å². The van der Waals surface area contributed by atoms with Gasteiger partial charge in [-0.1, -0.05) is 44.2 Å². The highest BCUT2D eigenvalue weighted by Crippen LogP contribution is 2.24. The standard InChI is InChI=1S/C24H31N3O3S/c1-5-27(6-2)31(29,30)21-14-15-22-20(16-21)17-23(26(22)4)24(28)25-18(3)12-13-19-10-8-7-9-11-19/h7-11,14-18H,5-6,12-13H2,1-4H3,(H,25,28)/t18-/m1/s1. The molecule has 2 aromatic carbocycles. The van der Waals surface area contributed by atoms with Crippen LogP contribution in [-0.2, 0) is 23.5 Å². The lowest BCUT2D eigenvalue weighted by atomic mass is 10.1. The van der Waals surface area contributed by atoms with Crippen molar-refractivity contribution in [3.05, 3.63) is 65.9 Å². The van der Waals surface area contributed by atoms with Crippen molar-refractivity contribution in [3.8, 4) is 0 Å². The summed E-state index contributed by atoms with van der Waals surface area (Å²) < 4.78 is 28.9. The Hall–Kier alpha value is -2.64. The van der Waals surface area contributed by atoms with Gasteiger partial charge in [0.1, 0.15) is 5.69 Å². The summed E-state index contributed by atoms with van der Waals surface area (Å²) in [5, 5.41) is 3.80. The summed E-state index contributed by atoms with van der Waals surface area (Å²) in [5.74, 6) is -0.160. The molecule has 3 rings (SSSR count). The summed E-state index contributed by atoms with van der Waals surface area (Å²) in [4.78, 5) is 13.1. The van der Waals surface area contributed by atoms with Crippen LogP contribution in [0.25, 0.3) is 10.9 Å². The van der Waals surface area contributed by atoms with Crippen molar-refractivity contribution in [2.24, 2.45) is 7.05 Å². The molecule has 0 bridgehead atoms. The molecular weight excluding hydrogens is 410 g/mol. The SMILES string of the molecule is CCN(CC)S(=O)(=O)c1ccc2c(c1)cc(C(=O)N[C@H](C)CCc1ccccc1)n2C. The third-order valence-electron chi connectivity index (χ3n) is 5.68. The summed E-state index contributed by atoms with van der Waals surface area (Å²) in [6.07, 6.45) is 1.73. The zero-order valence-corrected chi connectivity index (χ0v) is 19.4. The first-order valence-electron chi connectivity index (χ1n) is 10.7. The van der Waals surface area contributed by atoms with Gasteiger partial charge in [-0.3, -0.25) is 4.79 Å². The molecular formula is C24H31N3O3S. The highest BCUT2D eigenvalue weighted by Gasteiger charge is 2.23. The fourth-order valence-corrected chi connectivity index (χ4v) is 5.31. The lowest BCUT2D eigenvalue weighted by Crippen LogP contribution is -2.33. The van der Waals surface area contributed by atoms with Gasteiger partial charge in [0.2, 0.25) is 10.0 Å². The Bertz CT molecular complexity index is 1150. The molecule has 7 heteroatoms. The highest BCUT2D eigenvalue weighted by molar-refractivity contribution is 7.89. The number of benzene rings is 2. The van der Waals surface area contributed by atoms with Gasteiger partial charge in [0.25, 0.3) is 5.91 Å². The van der Waals surface area contributed by atoms with Crippen molar-refractivity contribution < 1.29 is 13.2 Å². The Morgan fingerprint density at radius 3 is 2.39 bits per heavy atom. The number of fused-ring (bicyclic) bond motifs is 1. The minimum Gasteiger partial charge on any atom is -0.348 e. The predicted octanol–water partition coefficient (Wildman–Crippen LogP) is 3.96. The second-order valence-corrected chi connectivity index (χ2v) is 9.74. The summed E-state index contributed by atoms with van der Waals surface area (Å²) in [6, 6.07) is 17.0. The van der Waals surface area contributed by atoms with Crippen LogP contribution < -0.4 is 5.32 Å². The molecule has 1 aromatic heterocycles. The van der Waals surface area contributed by atoms with E-state index in [2.05, 4.69) is 17.4 Å². The topological polar surface area (TPSA) is 71.4 Å². The summed E-state index contributed by atoms with van der Waals surface area (Å²) in [7, 11) is -1.72. The number of carbonyl (C=O) groups excluding carboxylic acids is 1. The molecule has 0 unspecified atom stereocenters. The van der Waals surface area contributed by atoms with Crippen LogP contribution in [0.4, 0.5) is 0 Å². The lowest BCUT2D eigenvalue weighted by Gasteiger charge is -2.18. The number of hydrogen-bond donors (Lipinski definition) is 1. The number of nitrogens with one attached hydrogen (secondary N) is 1. The van der Waals surface area contributed by atoms with Crippen LogP contribution in [0.2, 0.25) is 0 Å². The van der Waals surface area contributed by atoms with E-state index >= 15 is 0 Å². The summed E-state index contributed by atoms with van der Waals surface area (Å²) in [5.41, 5.74) is 2.58.